The lowest BCUT2D eigenvalue weighted by Gasteiger charge is -2.29. The number of nitrogens with zero attached hydrogens (tertiary/aromatic N) is 2. The second kappa shape index (κ2) is 12.4. The zero-order chi connectivity index (χ0) is 29.0. The number of ether oxygens (including phenoxy) is 2. The smallest absolute Gasteiger partial charge is 0.310 e. The summed E-state index contributed by atoms with van der Waals surface area (Å²) < 4.78 is 42.2. The number of esters is 1. The zero-order valence-corrected chi connectivity index (χ0v) is 25.4. The fourth-order valence-electron chi connectivity index (χ4n) is 4.99. The first-order valence-corrected chi connectivity index (χ1v) is 15.0. The number of methoxy groups -OCH3 is 1. The van der Waals surface area contributed by atoms with Crippen LogP contribution in [-0.4, -0.2) is 51.0 Å². The molecule has 2 aromatic rings. The van der Waals surface area contributed by atoms with Gasteiger partial charge in [-0.3, -0.25) is 9.79 Å². The molecule has 1 aliphatic rings. The van der Waals surface area contributed by atoms with Crippen molar-refractivity contribution >= 4 is 22.0 Å². The molecule has 3 rings (SSSR count). The molecular formula is C30H43N3O5S. The molecule has 1 N–H and O–H groups in total. The van der Waals surface area contributed by atoms with Gasteiger partial charge in [-0.15, -0.1) is 0 Å². The fourth-order valence-corrected chi connectivity index (χ4v) is 6.61. The van der Waals surface area contributed by atoms with Gasteiger partial charge in [-0.1, -0.05) is 50.6 Å². The van der Waals surface area contributed by atoms with E-state index >= 15 is 0 Å². The van der Waals surface area contributed by atoms with Crippen LogP contribution in [0, 0.1) is 26.7 Å². The molecule has 9 heteroatoms. The van der Waals surface area contributed by atoms with Crippen LogP contribution in [0.25, 0.3) is 0 Å². The predicted molar refractivity (Wildman–Crippen MR) is 155 cm³/mol. The lowest BCUT2D eigenvalue weighted by molar-refractivity contribution is -0.145. The lowest BCUT2D eigenvalue weighted by atomic mass is 9.94. The molecule has 214 valence electrons. The molecule has 1 aliphatic heterocycles. The Bertz CT molecular complexity index is 1320. The first-order valence-electron chi connectivity index (χ1n) is 13.6. The van der Waals surface area contributed by atoms with Gasteiger partial charge in [0.2, 0.25) is 5.96 Å². The van der Waals surface area contributed by atoms with E-state index in [-0.39, 0.29) is 23.4 Å². The normalized spacial score (nSPS) is 15.3. The van der Waals surface area contributed by atoms with Crippen molar-refractivity contribution in [2.24, 2.45) is 10.9 Å². The summed E-state index contributed by atoms with van der Waals surface area (Å²) in [6.07, 6.45) is 2.35. The van der Waals surface area contributed by atoms with Crippen LogP contribution in [0.4, 0.5) is 0 Å². The summed E-state index contributed by atoms with van der Waals surface area (Å²) in [5.41, 5.74) is 3.67. The molecular weight excluding hydrogens is 514 g/mol. The first kappa shape index (κ1) is 30.5. The van der Waals surface area contributed by atoms with Gasteiger partial charge in [0.25, 0.3) is 10.0 Å². The number of guanidine groups is 1. The van der Waals surface area contributed by atoms with Crippen LogP contribution in [0.5, 0.6) is 5.75 Å². The van der Waals surface area contributed by atoms with Crippen LogP contribution >= 0.6 is 0 Å². The van der Waals surface area contributed by atoms with Crippen LogP contribution in [0.15, 0.2) is 40.2 Å². The SMILES string of the molecule is CCCCN=C(NS(=O)(=O)c1c(C)c(C)c2c(c1C)CC(C)(C)O2)N(Cc1ccccc1)CC(C)C(=O)OC. The molecule has 2 aromatic carbocycles. The van der Waals surface area contributed by atoms with Crippen LogP contribution in [-0.2, 0) is 32.5 Å². The number of fused-ring (bicyclic) bond motifs is 1. The van der Waals surface area contributed by atoms with Crippen molar-refractivity contribution in [3.8, 4) is 5.75 Å². The standard InChI is InChI=1S/C30H43N3O5S/c1-9-10-16-31-29(33(18-20(2)28(34)37-8)19-24-14-12-11-13-15-24)32-39(35,36)27-22(4)21(3)26-25(23(27)5)17-30(6,7)38-26/h11-15,20H,9-10,16-19H2,1-8H3,(H,31,32). The number of unbranched alkanes of at least 4 members (excludes halogenated alkanes) is 1. The molecule has 0 radical (unpaired) electrons. The number of benzene rings is 2. The molecule has 0 spiro atoms. The molecule has 1 heterocycles. The van der Waals surface area contributed by atoms with Crippen molar-refractivity contribution in [3.63, 3.8) is 0 Å². The van der Waals surface area contributed by atoms with E-state index in [9.17, 15) is 13.2 Å². The lowest BCUT2D eigenvalue weighted by Crippen LogP contribution is -2.46. The van der Waals surface area contributed by atoms with Gasteiger partial charge >= 0.3 is 5.97 Å². The van der Waals surface area contributed by atoms with E-state index in [1.165, 1.54) is 7.11 Å². The number of nitrogens with one attached hydrogen (secondary N) is 1. The Kier molecular flexibility index (Phi) is 9.69. The average Bonchev–Trinajstić information content (AvgIpc) is 3.22. The molecule has 1 atom stereocenters. The van der Waals surface area contributed by atoms with Crippen LogP contribution < -0.4 is 9.46 Å². The van der Waals surface area contributed by atoms with E-state index in [0.717, 1.165) is 35.3 Å². The van der Waals surface area contributed by atoms with Gasteiger partial charge < -0.3 is 14.4 Å². The van der Waals surface area contributed by atoms with Crippen molar-refractivity contribution in [1.82, 2.24) is 9.62 Å². The second-order valence-corrected chi connectivity index (χ2v) is 12.6. The number of hydrogen-bond acceptors (Lipinski definition) is 6. The maximum Gasteiger partial charge on any atom is 0.310 e. The molecule has 0 fully saturated rings. The van der Waals surface area contributed by atoms with E-state index in [4.69, 9.17) is 14.5 Å². The van der Waals surface area contributed by atoms with Crippen molar-refractivity contribution < 1.29 is 22.7 Å². The highest BCUT2D eigenvalue weighted by atomic mass is 32.2. The van der Waals surface area contributed by atoms with Gasteiger partial charge in [-0.2, -0.15) is 0 Å². The van der Waals surface area contributed by atoms with E-state index in [1.54, 1.807) is 6.92 Å². The van der Waals surface area contributed by atoms with Gasteiger partial charge in [0.15, 0.2) is 0 Å². The number of hydrogen-bond donors (Lipinski definition) is 1. The molecule has 8 nitrogen and oxygen atoms in total. The molecule has 0 saturated heterocycles. The van der Waals surface area contributed by atoms with Crippen molar-refractivity contribution in [2.75, 3.05) is 20.2 Å². The van der Waals surface area contributed by atoms with Crippen molar-refractivity contribution in [1.29, 1.82) is 0 Å². The molecule has 1 unspecified atom stereocenters. The Morgan fingerprint density at radius 1 is 1.15 bits per heavy atom. The third kappa shape index (κ3) is 7.12. The van der Waals surface area contributed by atoms with Gasteiger partial charge in [-0.25, -0.2) is 13.1 Å². The van der Waals surface area contributed by atoms with Crippen molar-refractivity contribution in [2.45, 2.75) is 84.8 Å². The monoisotopic (exact) mass is 557 g/mol. The third-order valence-corrected chi connectivity index (χ3v) is 8.77. The second-order valence-electron chi connectivity index (χ2n) is 11.0. The van der Waals surface area contributed by atoms with E-state index in [0.29, 0.717) is 30.6 Å². The Labute approximate surface area is 233 Å². The maximum atomic E-state index is 14.1. The molecule has 39 heavy (non-hydrogen) atoms. The Hall–Kier alpha value is -3.07. The number of aliphatic imine (C=N–C) groups is 1. The minimum Gasteiger partial charge on any atom is -0.487 e. The summed E-state index contributed by atoms with van der Waals surface area (Å²) in [7, 11) is -2.68. The number of sulfonamides is 1. The van der Waals surface area contributed by atoms with Crippen LogP contribution in [0.1, 0.15) is 68.4 Å². The molecule has 0 aliphatic carbocycles. The number of carbonyl (C=O) groups is 1. The number of rotatable bonds is 10. The summed E-state index contributed by atoms with van der Waals surface area (Å²) in [6, 6.07) is 9.72. The Morgan fingerprint density at radius 3 is 2.44 bits per heavy atom. The van der Waals surface area contributed by atoms with Crippen LogP contribution in [0.2, 0.25) is 0 Å². The van der Waals surface area contributed by atoms with Gasteiger partial charge in [0, 0.05) is 31.6 Å². The molecule has 0 aromatic heterocycles. The zero-order valence-electron chi connectivity index (χ0n) is 24.6. The van der Waals surface area contributed by atoms with E-state index < -0.39 is 21.5 Å². The minimum atomic E-state index is -4.03. The van der Waals surface area contributed by atoms with E-state index in [2.05, 4.69) is 11.6 Å². The fraction of sp³-hybridized carbons (Fsp3) is 0.533. The highest BCUT2D eigenvalue weighted by Gasteiger charge is 2.37. The predicted octanol–water partition coefficient (Wildman–Crippen LogP) is 5.07. The first-order chi connectivity index (χ1) is 18.3. The average molecular weight is 558 g/mol. The highest BCUT2D eigenvalue weighted by Crippen LogP contribution is 2.43. The maximum absolute atomic E-state index is 14.1. The topological polar surface area (TPSA) is 97.3 Å². The highest BCUT2D eigenvalue weighted by molar-refractivity contribution is 7.90. The summed E-state index contributed by atoms with van der Waals surface area (Å²) in [6.45, 7) is 14.5. The Balaban J connectivity index is 2.07. The van der Waals surface area contributed by atoms with Crippen molar-refractivity contribution in [3.05, 3.63) is 58.1 Å². The quantitative estimate of drug-likeness (QED) is 0.190. The van der Waals surface area contributed by atoms with Crippen LogP contribution in [0.3, 0.4) is 0 Å². The van der Waals surface area contributed by atoms with Gasteiger partial charge in [0.05, 0.1) is 17.9 Å². The summed E-state index contributed by atoms with van der Waals surface area (Å²) in [5.74, 6) is 0.136. The molecule has 0 amide bonds. The summed E-state index contributed by atoms with van der Waals surface area (Å²) in [5, 5.41) is 0. The third-order valence-electron chi connectivity index (χ3n) is 7.17. The Morgan fingerprint density at radius 2 is 1.82 bits per heavy atom. The largest absolute Gasteiger partial charge is 0.487 e. The van der Waals surface area contributed by atoms with Gasteiger partial charge in [-0.05, 0) is 63.3 Å². The summed E-state index contributed by atoms with van der Waals surface area (Å²) >= 11 is 0. The van der Waals surface area contributed by atoms with E-state index in [1.807, 2.05) is 69.9 Å². The van der Waals surface area contributed by atoms with Gasteiger partial charge in [0.1, 0.15) is 11.4 Å². The summed E-state index contributed by atoms with van der Waals surface area (Å²) in [4.78, 5) is 19.1. The molecule has 0 bridgehead atoms. The number of carbonyl (C=O) groups excluding carboxylic acids is 1. The minimum absolute atomic E-state index is 0.219. The molecule has 0 saturated carbocycles.